The van der Waals surface area contributed by atoms with Gasteiger partial charge in [0, 0.05) is 0 Å². The summed E-state index contributed by atoms with van der Waals surface area (Å²) in [6, 6.07) is 8.40. The first-order chi connectivity index (χ1) is 26.9. The van der Waals surface area contributed by atoms with Gasteiger partial charge < -0.3 is 54.7 Å². The average molecular weight is 793 g/mol. The number of unbranched alkanes of at least 4 members (excludes halogenated alkanes) is 4. The summed E-state index contributed by atoms with van der Waals surface area (Å²) in [6.07, 6.45) is 2.84. The molecule has 7 N–H and O–H groups in total. The molecular formula is C41H60O15. The van der Waals surface area contributed by atoms with Crippen molar-refractivity contribution in [2.24, 2.45) is 0 Å². The Balaban J connectivity index is 2.42. The van der Waals surface area contributed by atoms with Gasteiger partial charge in [0.15, 0.2) is 0 Å². The molecule has 4 atom stereocenters. The number of carbonyl (C=O) groups is 4. The molecule has 4 unspecified atom stereocenters. The molecular weight excluding hydrogens is 732 g/mol. The van der Waals surface area contributed by atoms with Crippen LogP contribution in [0.1, 0.15) is 132 Å². The summed E-state index contributed by atoms with van der Waals surface area (Å²) < 4.78 is 21.8. The van der Waals surface area contributed by atoms with E-state index in [-0.39, 0.29) is 79.6 Å². The largest absolute Gasteiger partial charge is 0.462 e. The van der Waals surface area contributed by atoms with Crippen molar-refractivity contribution < 1.29 is 73.9 Å². The maximum absolute atomic E-state index is 13.3. The Kier molecular flexibility index (Phi) is 23.8. The normalized spacial score (nSPS) is 13.4. The van der Waals surface area contributed by atoms with E-state index in [9.17, 15) is 39.6 Å². The summed E-state index contributed by atoms with van der Waals surface area (Å²) in [5.74, 6) is -3.03. The first kappa shape index (κ1) is 48.2. The zero-order chi connectivity index (χ0) is 41.3. The SMILES string of the molecule is CCC(O)CCCCOC(=O)c1cc(C(=O)OCCCCC(O)CO)cc(-c2cc(C(=O)OCCCCC(O)CO)cc(C(=O)OCCCCC(O)CO)c2)c1. The fourth-order valence-electron chi connectivity index (χ4n) is 5.46. The van der Waals surface area contributed by atoms with Crippen LogP contribution < -0.4 is 0 Å². The van der Waals surface area contributed by atoms with Crippen LogP contribution in [0.2, 0.25) is 0 Å². The molecule has 0 bridgehead atoms. The minimum Gasteiger partial charge on any atom is -0.462 e. The molecule has 0 heterocycles. The van der Waals surface area contributed by atoms with Crippen molar-refractivity contribution in [1.82, 2.24) is 0 Å². The van der Waals surface area contributed by atoms with Crippen LogP contribution in [-0.4, -0.2) is 130 Å². The number of ether oxygens (including phenoxy) is 4. The van der Waals surface area contributed by atoms with Crippen molar-refractivity contribution >= 4 is 23.9 Å². The maximum atomic E-state index is 13.3. The van der Waals surface area contributed by atoms with Crippen LogP contribution in [0.15, 0.2) is 36.4 Å². The number of aliphatic hydroxyl groups excluding tert-OH is 7. The van der Waals surface area contributed by atoms with Crippen molar-refractivity contribution in [2.75, 3.05) is 46.2 Å². The molecule has 0 saturated carbocycles. The van der Waals surface area contributed by atoms with E-state index in [1.165, 1.54) is 36.4 Å². The standard InChI is InChI=1S/C41H60O15/c1-2-34(45)11-3-7-15-53-38(49)30-19-28(20-31(23-30)39(50)54-16-8-4-12-35(46)25-42)29-21-32(40(51)55-17-9-5-13-36(47)26-43)24-33(22-29)41(52)56-18-10-6-14-37(48)27-44/h19-24,34-37,42-48H,2-18,25-27H2,1H3. The summed E-state index contributed by atoms with van der Waals surface area (Å²) in [7, 11) is 0. The molecule has 0 amide bonds. The number of esters is 4. The zero-order valence-electron chi connectivity index (χ0n) is 32.3. The van der Waals surface area contributed by atoms with Crippen LogP contribution >= 0.6 is 0 Å². The predicted molar refractivity (Wildman–Crippen MR) is 204 cm³/mol. The molecule has 0 aliphatic rings. The van der Waals surface area contributed by atoms with E-state index in [1.807, 2.05) is 6.92 Å². The van der Waals surface area contributed by atoms with E-state index >= 15 is 0 Å². The molecule has 0 saturated heterocycles. The summed E-state index contributed by atoms with van der Waals surface area (Å²) in [5.41, 5.74) is 0.478. The zero-order valence-corrected chi connectivity index (χ0v) is 32.3. The Bertz CT molecular complexity index is 1270. The Hall–Kier alpha value is -3.96. The topological polar surface area (TPSA) is 247 Å². The third-order valence-corrected chi connectivity index (χ3v) is 8.91. The van der Waals surface area contributed by atoms with Crippen LogP contribution in [0.25, 0.3) is 11.1 Å². The highest BCUT2D eigenvalue weighted by Gasteiger charge is 2.20. The van der Waals surface area contributed by atoms with Crippen LogP contribution in [0, 0.1) is 0 Å². The predicted octanol–water partition coefficient (Wildman–Crippen LogP) is 3.49. The highest BCUT2D eigenvalue weighted by atomic mass is 16.5. The number of benzene rings is 2. The maximum Gasteiger partial charge on any atom is 0.338 e. The van der Waals surface area contributed by atoms with Gasteiger partial charge in [0.1, 0.15) is 0 Å². The molecule has 0 fully saturated rings. The molecule has 0 aromatic heterocycles. The van der Waals surface area contributed by atoms with Gasteiger partial charge in [-0.05, 0) is 131 Å². The van der Waals surface area contributed by atoms with Gasteiger partial charge in [0.05, 0.1) is 92.9 Å². The molecule has 15 nitrogen and oxygen atoms in total. The van der Waals surface area contributed by atoms with E-state index in [1.54, 1.807) is 0 Å². The number of carbonyl (C=O) groups excluding carboxylic acids is 4. The van der Waals surface area contributed by atoms with Crippen molar-refractivity contribution in [1.29, 1.82) is 0 Å². The molecule has 0 radical (unpaired) electrons. The Morgan fingerprint density at radius 3 is 0.911 bits per heavy atom. The number of rotatable bonds is 29. The Morgan fingerprint density at radius 2 is 0.679 bits per heavy atom. The minimum absolute atomic E-state index is 0.000162. The molecule has 0 aliphatic heterocycles. The number of hydrogen-bond donors (Lipinski definition) is 7. The molecule has 2 aromatic rings. The highest BCUT2D eigenvalue weighted by molar-refractivity contribution is 6.00. The Labute approximate surface area is 328 Å². The number of hydrogen-bond acceptors (Lipinski definition) is 15. The van der Waals surface area contributed by atoms with Crippen molar-refractivity contribution in [3.63, 3.8) is 0 Å². The first-order valence-corrected chi connectivity index (χ1v) is 19.5. The third kappa shape index (κ3) is 18.8. The van der Waals surface area contributed by atoms with Crippen LogP contribution in [0.5, 0.6) is 0 Å². The fraction of sp³-hybridized carbons (Fsp3) is 0.610. The summed E-state index contributed by atoms with van der Waals surface area (Å²) in [5, 5.41) is 65.6. The molecule has 2 aromatic carbocycles. The monoisotopic (exact) mass is 792 g/mol. The highest BCUT2D eigenvalue weighted by Crippen LogP contribution is 2.27. The Morgan fingerprint density at radius 1 is 0.429 bits per heavy atom. The lowest BCUT2D eigenvalue weighted by Gasteiger charge is -2.14. The van der Waals surface area contributed by atoms with E-state index in [2.05, 4.69) is 0 Å². The van der Waals surface area contributed by atoms with E-state index in [0.29, 0.717) is 83.5 Å². The van der Waals surface area contributed by atoms with E-state index in [0.717, 1.165) is 0 Å². The number of aliphatic hydroxyl groups is 7. The van der Waals surface area contributed by atoms with Gasteiger partial charge in [-0.2, -0.15) is 0 Å². The van der Waals surface area contributed by atoms with E-state index in [4.69, 9.17) is 34.3 Å². The van der Waals surface area contributed by atoms with Gasteiger partial charge in [-0.1, -0.05) is 6.92 Å². The van der Waals surface area contributed by atoms with Crippen molar-refractivity contribution in [3.05, 3.63) is 58.7 Å². The lowest BCUT2D eigenvalue weighted by molar-refractivity contribution is 0.0465. The molecule has 2 rings (SSSR count). The lowest BCUT2D eigenvalue weighted by Crippen LogP contribution is -2.14. The van der Waals surface area contributed by atoms with Crippen molar-refractivity contribution in [3.8, 4) is 11.1 Å². The second-order valence-corrected chi connectivity index (χ2v) is 13.7. The third-order valence-electron chi connectivity index (χ3n) is 8.91. The molecule has 0 spiro atoms. The van der Waals surface area contributed by atoms with Gasteiger partial charge in [-0.3, -0.25) is 0 Å². The van der Waals surface area contributed by atoms with Gasteiger partial charge in [0.2, 0.25) is 0 Å². The van der Waals surface area contributed by atoms with Gasteiger partial charge in [-0.15, -0.1) is 0 Å². The molecule has 15 heteroatoms. The smallest absolute Gasteiger partial charge is 0.338 e. The van der Waals surface area contributed by atoms with Crippen LogP contribution in [0.4, 0.5) is 0 Å². The van der Waals surface area contributed by atoms with Crippen LogP contribution in [0.3, 0.4) is 0 Å². The van der Waals surface area contributed by atoms with Gasteiger partial charge in [0.25, 0.3) is 0 Å². The minimum atomic E-state index is -0.878. The van der Waals surface area contributed by atoms with Crippen molar-refractivity contribution in [2.45, 2.75) is 115 Å². The van der Waals surface area contributed by atoms with E-state index < -0.39 is 48.3 Å². The quantitative estimate of drug-likeness (QED) is 0.0354. The van der Waals surface area contributed by atoms with Crippen LogP contribution in [-0.2, 0) is 18.9 Å². The van der Waals surface area contributed by atoms with Gasteiger partial charge >= 0.3 is 23.9 Å². The lowest BCUT2D eigenvalue weighted by atomic mass is 9.96. The summed E-state index contributed by atoms with van der Waals surface area (Å²) in [6.45, 7) is 0.787. The van der Waals surface area contributed by atoms with Gasteiger partial charge in [-0.25, -0.2) is 19.2 Å². The first-order valence-electron chi connectivity index (χ1n) is 19.5. The summed E-state index contributed by atoms with van der Waals surface area (Å²) >= 11 is 0. The molecule has 56 heavy (non-hydrogen) atoms. The average Bonchev–Trinajstić information content (AvgIpc) is 3.21. The molecule has 314 valence electrons. The summed E-state index contributed by atoms with van der Waals surface area (Å²) in [4.78, 5) is 53.1. The second kappa shape index (κ2) is 27.6. The molecule has 0 aliphatic carbocycles. The second-order valence-electron chi connectivity index (χ2n) is 13.7. The fourth-order valence-corrected chi connectivity index (χ4v) is 5.46.